The predicted octanol–water partition coefficient (Wildman–Crippen LogP) is 1.55. The van der Waals surface area contributed by atoms with Crippen molar-refractivity contribution in [3.63, 3.8) is 0 Å². The Hall–Kier alpha value is -1.75. The molecule has 0 aliphatic rings. The fourth-order valence-electron chi connectivity index (χ4n) is 1.74. The molecule has 1 unspecified atom stereocenters. The van der Waals surface area contributed by atoms with E-state index in [1.165, 1.54) is 7.11 Å². The lowest BCUT2D eigenvalue weighted by Gasteiger charge is -2.19. The van der Waals surface area contributed by atoms with Gasteiger partial charge in [0.15, 0.2) is 11.5 Å². The van der Waals surface area contributed by atoms with Crippen LogP contribution in [-0.2, 0) is 11.3 Å². The lowest BCUT2D eigenvalue weighted by atomic mass is 10.1. The third-order valence-corrected chi connectivity index (χ3v) is 2.70. The highest BCUT2D eigenvalue weighted by atomic mass is 16.5. The predicted molar refractivity (Wildman–Crippen MR) is 67.8 cm³/mol. The minimum absolute atomic E-state index is 0.0998. The highest BCUT2D eigenvalue weighted by Crippen LogP contribution is 2.26. The number of carbonyl (C=O) groups is 1. The van der Waals surface area contributed by atoms with Crippen LogP contribution in [0.5, 0.6) is 11.5 Å². The van der Waals surface area contributed by atoms with Crippen LogP contribution in [0.15, 0.2) is 18.2 Å². The summed E-state index contributed by atoms with van der Waals surface area (Å²) in [4.78, 5) is 12.7. The molecule has 0 aromatic heterocycles. The molecule has 0 aliphatic heterocycles. The van der Waals surface area contributed by atoms with Gasteiger partial charge in [0.05, 0.1) is 13.0 Å². The molecule has 2 N–H and O–H groups in total. The van der Waals surface area contributed by atoms with Crippen molar-refractivity contribution in [3.05, 3.63) is 23.8 Å². The van der Waals surface area contributed by atoms with Crippen molar-refractivity contribution in [1.82, 2.24) is 4.90 Å². The zero-order chi connectivity index (χ0) is 13.7. The lowest BCUT2D eigenvalue weighted by molar-refractivity contribution is -0.141. The van der Waals surface area contributed by atoms with Crippen molar-refractivity contribution in [2.45, 2.75) is 13.5 Å². The van der Waals surface area contributed by atoms with Crippen LogP contribution >= 0.6 is 0 Å². The molecule has 0 fully saturated rings. The summed E-state index contributed by atoms with van der Waals surface area (Å²) in [6.07, 6.45) is 0. The molecule has 0 bridgehead atoms. The molecule has 0 radical (unpaired) electrons. The summed E-state index contributed by atoms with van der Waals surface area (Å²) in [5, 5.41) is 18.3. The molecule has 0 spiro atoms. The maximum Gasteiger partial charge on any atom is 0.307 e. The molecule has 0 heterocycles. The molecule has 1 aromatic rings. The second-order valence-corrected chi connectivity index (χ2v) is 4.44. The first kappa shape index (κ1) is 14.3. The molecule has 1 aromatic carbocycles. The minimum atomic E-state index is -0.801. The normalized spacial score (nSPS) is 12.4. The van der Waals surface area contributed by atoms with Crippen LogP contribution in [0, 0.1) is 5.92 Å². The third kappa shape index (κ3) is 3.92. The first-order chi connectivity index (χ1) is 8.43. The van der Waals surface area contributed by atoms with Crippen molar-refractivity contribution in [2.24, 2.45) is 5.92 Å². The van der Waals surface area contributed by atoms with Gasteiger partial charge < -0.3 is 19.8 Å². The van der Waals surface area contributed by atoms with Crippen LogP contribution in [0.25, 0.3) is 0 Å². The van der Waals surface area contributed by atoms with Gasteiger partial charge in [-0.1, -0.05) is 13.0 Å². The van der Waals surface area contributed by atoms with Gasteiger partial charge in [0.25, 0.3) is 0 Å². The summed E-state index contributed by atoms with van der Waals surface area (Å²) in [6, 6.07) is 5.11. The van der Waals surface area contributed by atoms with Crippen molar-refractivity contribution < 1.29 is 19.7 Å². The minimum Gasteiger partial charge on any atom is -0.504 e. The topological polar surface area (TPSA) is 70.0 Å². The van der Waals surface area contributed by atoms with E-state index >= 15 is 0 Å². The van der Waals surface area contributed by atoms with Crippen LogP contribution in [0.1, 0.15) is 12.5 Å². The van der Waals surface area contributed by atoms with Gasteiger partial charge in [0.1, 0.15) is 0 Å². The fourth-order valence-corrected chi connectivity index (χ4v) is 1.74. The van der Waals surface area contributed by atoms with Crippen molar-refractivity contribution in [2.75, 3.05) is 20.7 Å². The largest absolute Gasteiger partial charge is 0.504 e. The Morgan fingerprint density at radius 1 is 1.50 bits per heavy atom. The van der Waals surface area contributed by atoms with Crippen LogP contribution in [0.3, 0.4) is 0 Å². The highest BCUT2D eigenvalue weighted by Gasteiger charge is 2.14. The summed E-state index contributed by atoms with van der Waals surface area (Å²) in [5.41, 5.74) is 0.963. The maximum absolute atomic E-state index is 10.8. The summed E-state index contributed by atoms with van der Waals surface area (Å²) < 4.78 is 5.02. The Bertz CT molecular complexity index is 419. The Balaban J connectivity index is 2.64. The van der Waals surface area contributed by atoms with Gasteiger partial charge in [-0.15, -0.1) is 0 Å². The Labute approximate surface area is 107 Å². The van der Waals surface area contributed by atoms with Crippen molar-refractivity contribution >= 4 is 5.97 Å². The molecule has 1 rings (SSSR count). The molecule has 0 aliphatic carbocycles. The number of benzene rings is 1. The van der Waals surface area contributed by atoms with E-state index in [0.29, 0.717) is 18.8 Å². The molecule has 0 saturated heterocycles. The maximum atomic E-state index is 10.8. The van der Waals surface area contributed by atoms with Gasteiger partial charge >= 0.3 is 5.97 Å². The third-order valence-electron chi connectivity index (χ3n) is 2.70. The van der Waals surface area contributed by atoms with Crippen molar-refractivity contribution in [3.8, 4) is 11.5 Å². The first-order valence-electron chi connectivity index (χ1n) is 5.71. The van der Waals surface area contributed by atoms with Gasteiger partial charge in [0, 0.05) is 13.1 Å². The molecular weight excluding hydrogens is 234 g/mol. The average Bonchev–Trinajstić information content (AvgIpc) is 2.31. The number of carboxylic acid groups (broad SMARTS) is 1. The first-order valence-corrected chi connectivity index (χ1v) is 5.71. The number of phenolic OH excluding ortho intramolecular Hbond substituents is 1. The molecule has 1 atom stereocenters. The number of carboxylic acids is 1. The van der Waals surface area contributed by atoms with E-state index in [1.807, 2.05) is 11.9 Å². The van der Waals surface area contributed by atoms with E-state index in [1.54, 1.807) is 25.1 Å². The van der Waals surface area contributed by atoms with Crippen LogP contribution in [0.2, 0.25) is 0 Å². The number of methoxy groups -OCH3 is 1. The smallest absolute Gasteiger partial charge is 0.307 e. The van der Waals surface area contributed by atoms with E-state index in [-0.39, 0.29) is 5.75 Å². The summed E-state index contributed by atoms with van der Waals surface area (Å²) in [6.45, 7) is 2.75. The monoisotopic (exact) mass is 253 g/mol. The van der Waals surface area contributed by atoms with E-state index < -0.39 is 11.9 Å². The van der Waals surface area contributed by atoms with Gasteiger partial charge in [-0.3, -0.25) is 4.79 Å². The van der Waals surface area contributed by atoms with E-state index in [9.17, 15) is 9.90 Å². The standard InChI is InChI=1S/C13H19NO4/c1-9(13(16)17)7-14(2)8-10-4-5-11(15)12(6-10)18-3/h4-6,9,15H,7-8H2,1-3H3,(H,16,17). The number of aromatic hydroxyl groups is 1. The van der Waals surface area contributed by atoms with Crippen LogP contribution < -0.4 is 4.74 Å². The number of hydrogen-bond acceptors (Lipinski definition) is 4. The fraction of sp³-hybridized carbons (Fsp3) is 0.462. The highest BCUT2D eigenvalue weighted by molar-refractivity contribution is 5.69. The van der Waals surface area contributed by atoms with Crippen LogP contribution in [0.4, 0.5) is 0 Å². The van der Waals surface area contributed by atoms with Gasteiger partial charge in [0.2, 0.25) is 0 Å². The number of hydrogen-bond donors (Lipinski definition) is 2. The summed E-state index contributed by atoms with van der Waals surface area (Å²) in [7, 11) is 3.35. The average molecular weight is 253 g/mol. The zero-order valence-corrected chi connectivity index (χ0v) is 10.9. The Kier molecular flexibility index (Phi) is 4.97. The molecule has 5 nitrogen and oxygen atoms in total. The molecule has 0 saturated carbocycles. The second kappa shape index (κ2) is 6.26. The summed E-state index contributed by atoms with van der Waals surface area (Å²) >= 11 is 0. The second-order valence-electron chi connectivity index (χ2n) is 4.44. The Morgan fingerprint density at radius 2 is 2.17 bits per heavy atom. The number of aliphatic carboxylic acids is 1. The lowest BCUT2D eigenvalue weighted by Crippen LogP contribution is -2.28. The van der Waals surface area contributed by atoms with E-state index in [2.05, 4.69) is 0 Å². The number of ether oxygens (including phenoxy) is 1. The number of phenols is 1. The molecular formula is C13H19NO4. The molecule has 100 valence electrons. The van der Waals surface area contributed by atoms with Gasteiger partial charge in [-0.25, -0.2) is 0 Å². The van der Waals surface area contributed by atoms with Gasteiger partial charge in [-0.05, 0) is 24.7 Å². The SMILES string of the molecule is COc1cc(CN(C)CC(C)C(=O)O)ccc1O. The quantitative estimate of drug-likeness (QED) is 0.805. The molecule has 0 amide bonds. The number of rotatable bonds is 6. The molecule has 5 heteroatoms. The van der Waals surface area contributed by atoms with E-state index in [4.69, 9.17) is 9.84 Å². The van der Waals surface area contributed by atoms with Crippen molar-refractivity contribution in [1.29, 1.82) is 0 Å². The molecule has 18 heavy (non-hydrogen) atoms. The Morgan fingerprint density at radius 3 is 2.72 bits per heavy atom. The zero-order valence-electron chi connectivity index (χ0n) is 10.9. The number of nitrogens with zero attached hydrogens (tertiary/aromatic N) is 1. The van der Waals surface area contributed by atoms with Crippen LogP contribution in [-0.4, -0.2) is 41.8 Å². The van der Waals surface area contributed by atoms with Gasteiger partial charge in [-0.2, -0.15) is 0 Å². The van der Waals surface area contributed by atoms with E-state index in [0.717, 1.165) is 5.56 Å². The summed E-state index contributed by atoms with van der Waals surface area (Å²) in [5.74, 6) is -0.686.